The standard InChI is InChI=1S/C26H51ClO11/c1-2-3-4-5-26(28)38-25-24-37-23-22-36-21-20-35-19-18-34-17-16-33-15-14-32-13-12-31-11-10-30-9-8-29-7-6-27/h2-25H2,1H3. The van der Waals surface area contributed by atoms with Crippen LogP contribution in [0.3, 0.4) is 0 Å². The second kappa shape index (κ2) is 34.4. The zero-order valence-electron chi connectivity index (χ0n) is 23.3. The Morgan fingerprint density at radius 1 is 0.447 bits per heavy atom. The lowest BCUT2D eigenvalue weighted by atomic mass is 10.2. The van der Waals surface area contributed by atoms with E-state index in [0.29, 0.717) is 131 Å². The molecule has 0 aromatic rings. The summed E-state index contributed by atoms with van der Waals surface area (Å²) in [7, 11) is 0. The molecule has 228 valence electrons. The predicted octanol–water partition coefficient (Wildman–Crippen LogP) is 2.50. The molecular weight excluding hydrogens is 524 g/mol. The van der Waals surface area contributed by atoms with Crippen LogP contribution in [0, 0.1) is 0 Å². The molecule has 0 fully saturated rings. The fraction of sp³-hybridized carbons (Fsp3) is 0.962. The Labute approximate surface area is 233 Å². The van der Waals surface area contributed by atoms with Gasteiger partial charge in [-0.1, -0.05) is 19.8 Å². The minimum atomic E-state index is -0.158. The van der Waals surface area contributed by atoms with Crippen LogP contribution in [0.1, 0.15) is 32.6 Å². The van der Waals surface area contributed by atoms with Gasteiger partial charge in [0.05, 0.1) is 119 Å². The summed E-state index contributed by atoms with van der Waals surface area (Å²) in [5.74, 6) is 0.339. The lowest BCUT2D eigenvalue weighted by Crippen LogP contribution is -2.15. The Kier molecular flexibility index (Phi) is 33.9. The first kappa shape index (κ1) is 37.4. The highest BCUT2D eigenvalue weighted by molar-refractivity contribution is 6.17. The van der Waals surface area contributed by atoms with Gasteiger partial charge in [0.15, 0.2) is 0 Å². The number of hydrogen-bond donors (Lipinski definition) is 0. The molecule has 0 aliphatic rings. The predicted molar refractivity (Wildman–Crippen MR) is 143 cm³/mol. The van der Waals surface area contributed by atoms with Gasteiger partial charge in [0.2, 0.25) is 0 Å². The summed E-state index contributed by atoms with van der Waals surface area (Å²) in [6, 6.07) is 0. The van der Waals surface area contributed by atoms with Crippen molar-refractivity contribution in [3.63, 3.8) is 0 Å². The van der Waals surface area contributed by atoms with Crippen LogP contribution in [0.2, 0.25) is 0 Å². The second-order valence-electron chi connectivity index (χ2n) is 7.88. The quantitative estimate of drug-likeness (QED) is 0.0655. The SMILES string of the molecule is CCCCCC(=O)OCCOCCOCCOCCOCCOCCOCCOCCOCCOCCCl. The number of halogens is 1. The minimum Gasteiger partial charge on any atom is -0.463 e. The van der Waals surface area contributed by atoms with E-state index in [1.54, 1.807) is 0 Å². The molecule has 12 heteroatoms. The Morgan fingerprint density at radius 3 is 1.03 bits per heavy atom. The van der Waals surface area contributed by atoms with Gasteiger partial charge in [-0.3, -0.25) is 4.79 Å². The summed E-state index contributed by atoms with van der Waals surface area (Å²) < 4.78 is 53.6. The van der Waals surface area contributed by atoms with Gasteiger partial charge in [-0.15, -0.1) is 11.6 Å². The highest BCUT2D eigenvalue weighted by atomic mass is 35.5. The van der Waals surface area contributed by atoms with Crippen molar-refractivity contribution in [3.8, 4) is 0 Å². The third-order valence-corrected chi connectivity index (χ3v) is 4.83. The van der Waals surface area contributed by atoms with Gasteiger partial charge in [-0.2, -0.15) is 0 Å². The number of unbranched alkanes of at least 4 members (excludes halogenated alkanes) is 2. The highest BCUT2D eigenvalue weighted by Crippen LogP contribution is 2.00. The van der Waals surface area contributed by atoms with Crippen LogP contribution < -0.4 is 0 Å². The molecule has 0 rings (SSSR count). The highest BCUT2D eigenvalue weighted by Gasteiger charge is 2.01. The number of carbonyl (C=O) groups is 1. The summed E-state index contributed by atoms with van der Waals surface area (Å²) in [6.45, 7) is 11.4. The number of hydrogen-bond acceptors (Lipinski definition) is 11. The molecule has 0 aromatic heterocycles. The maximum atomic E-state index is 11.4. The van der Waals surface area contributed by atoms with E-state index in [9.17, 15) is 4.79 Å². The largest absolute Gasteiger partial charge is 0.463 e. The molecule has 0 spiro atoms. The molecule has 0 bridgehead atoms. The summed E-state index contributed by atoms with van der Waals surface area (Å²) >= 11 is 5.50. The lowest BCUT2D eigenvalue weighted by Gasteiger charge is -2.09. The fourth-order valence-corrected chi connectivity index (χ4v) is 2.83. The van der Waals surface area contributed by atoms with Crippen molar-refractivity contribution >= 4 is 17.6 Å². The van der Waals surface area contributed by atoms with Crippen molar-refractivity contribution in [2.75, 3.05) is 131 Å². The first-order chi connectivity index (χ1) is 18.8. The topological polar surface area (TPSA) is 109 Å². The minimum absolute atomic E-state index is 0.158. The smallest absolute Gasteiger partial charge is 0.305 e. The van der Waals surface area contributed by atoms with E-state index in [1.807, 2.05) is 0 Å². The summed E-state index contributed by atoms with van der Waals surface area (Å²) in [4.78, 5) is 11.4. The summed E-state index contributed by atoms with van der Waals surface area (Å²) in [6.07, 6.45) is 3.50. The van der Waals surface area contributed by atoms with E-state index >= 15 is 0 Å². The van der Waals surface area contributed by atoms with Crippen LogP contribution in [0.4, 0.5) is 0 Å². The molecule has 11 nitrogen and oxygen atoms in total. The van der Waals surface area contributed by atoms with E-state index < -0.39 is 0 Å². The maximum Gasteiger partial charge on any atom is 0.305 e. The van der Waals surface area contributed by atoms with Crippen LogP contribution in [-0.4, -0.2) is 137 Å². The Bertz CT molecular complexity index is 461. The maximum absolute atomic E-state index is 11.4. The van der Waals surface area contributed by atoms with Crippen molar-refractivity contribution in [1.29, 1.82) is 0 Å². The zero-order chi connectivity index (χ0) is 27.6. The third-order valence-electron chi connectivity index (χ3n) is 4.67. The van der Waals surface area contributed by atoms with Crippen LogP contribution in [0.5, 0.6) is 0 Å². The average Bonchev–Trinajstić information content (AvgIpc) is 2.92. The molecule has 0 radical (unpaired) electrons. The number of esters is 1. The molecule has 0 amide bonds. The zero-order valence-corrected chi connectivity index (χ0v) is 24.1. The average molecular weight is 575 g/mol. The molecule has 0 unspecified atom stereocenters. The lowest BCUT2D eigenvalue weighted by molar-refractivity contribution is -0.145. The van der Waals surface area contributed by atoms with Gasteiger partial charge in [0.25, 0.3) is 0 Å². The number of carbonyl (C=O) groups excluding carboxylic acids is 1. The first-order valence-corrected chi connectivity index (χ1v) is 14.3. The monoisotopic (exact) mass is 574 g/mol. The Hall–Kier alpha value is -0.600. The van der Waals surface area contributed by atoms with Crippen molar-refractivity contribution < 1.29 is 52.2 Å². The Balaban J connectivity index is 3.06. The van der Waals surface area contributed by atoms with Gasteiger partial charge in [0.1, 0.15) is 6.61 Å². The van der Waals surface area contributed by atoms with Crippen molar-refractivity contribution in [1.82, 2.24) is 0 Å². The van der Waals surface area contributed by atoms with E-state index in [4.69, 9.17) is 59.0 Å². The fourth-order valence-electron chi connectivity index (χ4n) is 2.72. The van der Waals surface area contributed by atoms with Crippen LogP contribution in [0.25, 0.3) is 0 Å². The van der Waals surface area contributed by atoms with Crippen molar-refractivity contribution in [2.45, 2.75) is 32.6 Å². The van der Waals surface area contributed by atoms with E-state index in [-0.39, 0.29) is 12.6 Å². The third kappa shape index (κ3) is 33.4. The van der Waals surface area contributed by atoms with E-state index in [0.717, 1.165) is 19.3 Å². The van der Waals surface area contributed by atoms with Gasteiger partial charge in [0, 0.05) is 12.3 Å². The molecule has 0 atom stereocenters. The molecule has 0 aromatic carbocycles. The summed E-state index contributed by atoms with van der Waals surface area (Å²) in [5.41, 5.74) is 0. The molecule has 0 aliphatic heterocycles. The van der Waals surface area contributed by atoms with Crippen molar-refractivity contribution in [2.24, 2.45) is 0 Å². The van der Waals surface area contributed by atoms with E-state index in [2.05, 4.69) is 6.92 Å². The van der Waals surface area contributed by atoms with Crippen LogP contribution in [-0.2, 0) is 52.2 Å². The van der Waals surface area contributed by atoms with Crippen LogP contribution in [0.15, 0.2) is 0 Å². The molecule has 0 N–H and O–H groups in total. The molecule has 0 heterocycles. The molecular formula is C26H51ClO11. The normalized spacial score (nSPS) is 11.3. The van der Waals surface area contributed by atoms with Gasteiger partial charge in [-0.25, -0.2) is 0 Å². The number of alkyl halides is 1. The Morgan fingerprint density at radius 2 is 0.737 bits per heavy atom. The van der Waals surface area contributed by atoms with Gasteiger partial charge >= 0.3 is 5.97 Å². The molecule has 0 aliphatic carbocycles. The van der Waals surface area contributed by atoms with Gasteiger partial charge in [-0.05, 0) is 6.42 Å². The number of rotatable bonds is 33. The van der Waals surface area contributed by atoms with Crippen molar-refractivity contribution in [3.05, 3.63) is 0 Å². The van der Waals surface area contributed by atoms with Gasteiger partial charge < -0.3 is 47.4 Å². The van der Waals surface area contributed by atoms with Crippen LogP contribution >= 0.6 is 11.6 Å². The number of ether oxygens (including phenoxy) is 10. The van der Waals surface area contributed by atoms with E-state index in [1.165, 1.54) is 0 Å². The summed E-state index contributed by atoms with van der Waals surface area (Å²) in [5, 5.41) is 0. The molecule has 38 heavy (non-hydrogen) atoms. The second-order valence-corrected chi connectivity index (χ2v) is 8.26. The molecule has 0 saturated carbocycles. The molecule has 0 saturated heterocycles. The first-order valence-electron chi connectivity index (χ1n) is 13.7.